The van der Waals surface area contributed by atoms with E-state index >= 15 is 0 Å². The van der Waals surface area contributed by atoms with Gasteiger partial charge in [-0.05, 0) is 43.0 Å². The van der Waals surface area contributed by atoms with Gasteiger partial charge in [-0.1, -0.05) is 18.5 Å². The summed E-state index contributed by atoms with van der Waals surface area (Å²) >= 11 is 5.97. The van der Waals surface area contributed by atoms with E-state index in [1.54, 1.807) is 7.11 Å². The molecule has 1 saturated carbocycles. The molecule has 0 bridgehead atoms. The van der Waals surface area contributed by atoms with Crippen molar-refractivity contribution in [3.8, 4) is 5.75 Å². The Kier molecular flexibility index (Phi) is 3.72. The summed E-state index contributed by atoms with van der Waals surface area (Å²) in [5, 5.41) is 4.22. The highest BCUT2D eigenvalue weighted by Gasteiger charge is 2.31. The molecule has 0 spiro atoms. The minimum absolute atomic E-state index is 0.761. The standard InChI is InChI=1S/C13H18ClNO/c1-9-5-10(9)7-15-8-11-6-12(14)3-4-13(11)16-2/h3-4,6,9-10,15H,5,7-8H2,1-2H3. The van der Waals surface area contributed by atoms with Crippen molar-refractivity contribution in [2.75, 3.05) is 13.7 Å². The minimum Gasteiger partial charge on any atom is -0.496 e. The van der Waals surface area contributed by atoms with Crippen LogP contribution in [-0.2, 0) is 6.54 Å². The molecule has 16 heavy (non-hydrogen) atoms. The van der Waals surface area contributed by atoms with Gasteiger partial charge in [0.1, 0.15) is 5.75 Å². The lowest BCUT2D eigenvalue weighted by molar-refractivity contribution is 0.407. The Morgan fingerprint density at radius 1 is 1.50 bits per heavy atom. The zero-order chi connectivity index (χ0) is 11.5. The summed E-state index contributed by atoms with van der Waals surface area (Å²) in [6.07, 6.45) is 1.36. The number of benzene rings is 1. The molecule has 0 amide bonds. The van der Waals surface area contributed by atoms with Crippen molar-refractivity contribution in [3.63, 3.8) is 0 Å². The van der Waals surface area contributed by atoms with Gasteiger partial charge < -0.3 is 10.1 Å². The van der Waals surface area contributed by atoms with E-state index in [2.05, 4.69) is 12.2 Å². The minimum atomic E-state index is 0.761. The van der Waals surface area contributed by atoms with Crippen molar-refractivity contribution in [1.82, 2.24) is 5.32 Å². The topological polar surface area (TPSA) is 21.3 Å². The molecule has 2 rings (SSSR count). The number of methoxy groups -OCH3 is 1. The van der Waals surface area contributed by atoms with Gasteiger partial charge in [0, 0.05) is 17.1 Å². The van der Waals surface area contributed by atoms with E-state index in [1.165, 1.54) is 6.42 Å². The highest BCUT2D eigenvalue weighted by Crippen LogP contribution is 2.36. The van der Waals surface area contributed by atoms with Crippen molar-refractivity contribution >= 4 is 11.6 Å². The summed E-state index contributed by atoms with van der Waals surface area (Å²) in [5.74, 6) is 2.67. The average Bonchev–Trinajstić information content (AvgIpc) is 2.95. The van der Waals surface area contributed by atoms with E-state index in [4.69, 9.17) is 16.3 Å². The molecule has 0 radical (unpaired) electrons. The maximum atomic E-state index is 5.97. The lowest BCUT2D eigenvalue weighted by Crippen LogP contribution is -2.17. The predicted octanol–water partition coefficient (Wildman–Crippen LogP) is 3.09. The highest BCUT2D eigenvalue weighted by atomic mass is 35.5. The van der Waals surface area contributed by atoms with Gasteiger partial charge in [0.15, 0.2) is 0 Å². The zero-order valence-corrected chi connectivity index (χ0v) is 10.6. The summed E-state index contributed by atoms with van der Waals surface area (Å²) in [6, 6.07) is 5.73. The first-order valence-electron chi connectivity index (χ1n) is 5.74. The third kappa shape index (κ3) is 2.89. The van der Waals surface area contributed by atoms with Crippen LogP contribution in [0.3, 0.4) is 0 Å². The fraction of sp³-hybridized carbons (Fsp3) is 0.538. The molecule has 0 heterocycles. The Morgan fingerprint density at radius 3 is 2.88 bits per heavy atom. The Bertz CT molecular complexity index is 367. The zero-order valence-electron chi connectivity index (χ0n) is 9.79. The third-order valence-electron chi connectivity index (χ3n) is 3.24. The Balaban J connectivity index is 1.89. The van der Waals surface area contributed by atoms with Gasteiger partial charge in [-0.3, -0.25) is 0 Å². The molecule has 1 aromatic rings. The molecule has 88 valence electrons. The van der Waals surface area contributed by atoms with Gasteiger partial charge in [-0.15, -0.1) is 0 Å². The van der Waals surface area contributed by atoms with Crippen molar-refractivity contribution in [2.45, 2.75) is 19.9 Å². The van der Waals surface area contributed by atoms with Gasteiger partial charge in [0.05, 0.1) is 7.11 Å². The van der Waals surface area contributed by atoms with E-state index in [1.807, 2.05) is 18.2 Å². The number of halogens is 1. The molecule has 2 atom stereocenters. The van der Waals surface area contributed by atoms with Crippen molar-refractivity contribution in [1.29, 1.82) is 0 Å². The normalized spacial score (nSPS) is 23.2. The lowest BCUT2D eigenvalue weighted by Gasteiger charge is -2.09. The number of hydrogen-bond donors (Lipinski definition) is 1. The first kappa shape index (κ1) is 11.7. The van der Waals surface area contributed by atoms with E-state index in [9.17, 15) is 0 Å². The molecule has 0 aliphatic heterocycles. The Morgan fingerprint density at radius 2 is 2.25 bits per heavy atom. The fourth-order valence-electron chi connectivity index (χ4n) is 1.96. The second kappa shape index (κ2) is 5.07. The monoisotopic (exact) mass is 239 g/mol. The van der Waals surface area contributed by atoms with Gasteiger partial charge in [0.25, 0.3) is 0 Å². The Hall–Kier alpha value is -0.730. The average molecular weight is 240 g/mol. The van der Waals surface area contributed by atoms with Crippen LogP contribution < -0.4 is 10.1 Å². The molecule has 2 unspecified atom stereocenters. The summed E-state index contributed by atoms with van der Waals surface area (Å²) in [7, 11) is 1.69. The van der Waals surface area contributed by atoms with Crippen molar-refractivity contribution < 1.29 is 4.74 Å². The maximum Gasteiger partial charge on any atom is 0.123 e. The van der Waals surface area contributed by atoms with Gasteiger partial charge in [0.2, 0.25) is 0 Å². The largest absolute Gasteiger partial charge is 0.496 e. The van der Waals surface area contributed by atoms with Crippen LogP contribution in [0, 0.1) is 11.8 Å². The van der Waals surface area contributed by atoms with Gasteiger partial charge in [-0.25, -0.2) is 0 Å². The molecule has 1 N–H and O–H groups in total. The molecule has 2 nitrogen and oxygen atoms in total. The second-order valence-corrected chi connectivity index (χ2v) is 5.00. The molecular formula is C13H18ClNO. The van der Waals surface area contributed by atoms with Crippen molar-refractivity contribution in [3.05, 3.63) is 28.8 Å². The fourth-order valence-corrected chi connectivity index (χ4v) is 2.16. The van der Waals surface area contributed by atoms with Crippen LogP contribution in [0.2, 0.25) is 5.02 Å². The summed E-state index contributed by atoms with van der Waals surface area (Å²) in [5.41, 5.74) is 1.13. The molecule has 1 aliphatic carbocycles. The van der Waals surface area contributed by atoms with Crippen LogP contribution in [0.1, 0.15) is 18.9 Å². The maximum absolute atomic E-state index is 5.97. The van der Waals surface area contributed by atoms with Crippen LogP contribution >= 0.6 is 11.6 Å². The summed E-state index contributed by atoms with van der Waals surface area (Å²) < 4.78 is 5.30. The molecule has 0 aromatic heterocycles. The van der Waals surface area contributed by atoms with Crippen LogP contribution in [0.25, 0.3) is 0 Å². The molecule has 3 heteroatoms. The van der Waals surface area contributed by atoms with E-state index in [0.717, 1.165) is 41.3 Å². The Labute approximate surface area is 102 Å². The number of rotatable bonds is 5. The van der Waals surface area contributed by atoms with Crippen LogP contribution in [-0.4, -0.2) is 13.7 Å². The predicted molar refractivity (Wildman–Crippen MR) is 67.0 cm³/mol. The van der Waals surface area contributed by atoms with E-state index in [-0.39, 0.29) is 0 Å². The summed E-state index contributed by atoms with van der Waals surface area (Å²) in [6.45, 7) is 4.22. The first-order chi connectivity index (χ1) is 7.70. The number of ether oxygens (including phenoxy) is 1. The second-order valence-electron chi connectivity index (χ2n) is 4.56. The number of hydrogen-bond acceptors (Lipinski definition) is 2. The molecule has 1 aliphatic rings. The molecule has 1 aromatic carbocycles. The molecule has 0 saturated heterocycles. The summed E-state index contributed by atoms with van der Waals surface area (Å²) in [4.78, 5) is 0. The van der Waals surface area contributed by atoms with Gasteiger partial charge >= 0.3 is 0 Å². The van der Waals surface area contributed by atoms with E-state index in [0.29, 0.717) is 0 Å². The van der Waals surface area contributed by atoms with Crippen LogP contribution in [0.5, 0.6) is 5.75 Å². The van der Waals surface area contributed by atoms with Crippen LogP contribution in [0.15, 0.2) is 18.2 Å². The SMILES string of the molecule is COc1ccc(Cl)cc1CNCC1CC1C. The molecular weight excluding hydrogens is 222 g/mol. The van der Waals surface area contributed by atoms with Gasteiger partial charge in [-0.2, -0.15) is 0 Å². The third-order valence-corrected chi connectivity index (χ3v) is 3.48. The highest BCUT2D eigenvalue weighted by molar-refractivity contribution is 6.30. The molecule has 1 fully saturated rings. The first-order valence-corrected chi connectivity index (χ1v) is 6.11. The van der Waals surface area contributed by atoms with E-state index < -0.39 is 0 Å². The quantitative estimate of drug-likeness (QED) is 0.853. The van der Waals surface area contributed by atoms with Crippen molar-refractivity contribution in [2.24, 2.45) is 11.8 Å². The number of nitrogens with one attached hydrogen (secondary N) is 1. The van der Waals surface area contributed by atoms with Crippen LogP contribution in [0.4, 0.5) is 0 Å². The smallest absolute Gasteiger partial charge is 0.123 e. The lowest BCUT2D eigenvalue weighted by atomic mass is 10.2.